The molecule has 0 aromatic heterocycles. The lowest BCUT2D eigenvalue weighted by atomic mass is 10.1. The van der Waals surface area contributed by atoms with Crippen molar-refractivity contribution in [2.45, 2.75) is 26.2 Å². The van der Waals surface area contributed by atoms with E-state index in [0.717, 1.165) is 43.6 Å². The highest BCUT2D eigenvalue weighted by Gasteiger charge is 2.12. The first kappa shape index (κ1) is 13.9. The number of hydrogen-bond acceptors (Lipinski definition) is 2. The fourth-order valence-corrected chi connectivity index (χ4v) is 2.64. The molecular weight excluding hydrogens is 290 g/mol. The molecular formula is C15H22BrNO. The smallest absolute Gasteiger partial charge is 0.122 e. The molecule has 3 heteroatoms. The molecule has 18 heavy (non-hydrogen) atoms. The summed E-state index contributed by atoms with van der Waals surface area (Å²) in [6, 6.07) is 6.66. The summed E-state index contributed by atoms with van der Waals surface area (Å²) in [6.45, 7) is 6.58. The molecule has 100 valence electrons. The van der Waals surface area contributed by atoms with Crippen LogP contribution in [-0.4, -0.2) is 36.5 Å². The van der Waals surface area contributed by atoms with Crippen molar-refractivity contribution in [3.63, 3.8) is 0 Å². The van der Waals surface area contributed by atoms with Gasteiger partial charge in [-0.05, 0) is 43.1 Å². The van der Waals surface area contributed by atoms with Crippen LogP contribution in [0.4, 0.5) is 0 Å². The zero-order valence-corrected chi connectivity index (χ0v) is 12.7. The van der Waals surface area contributed by atoms with Crippen LogP contribution in [0.25, 0.3) is 0 Å². The number of alkyl halides is 1. The van der Waals surface area contributed by atoms with Crippen molar-refractivity contribution < 1.29 is 4.74 Å². The average Bonchev–Trinajstić information content (AvgIpc) is 2.86. The van der Waals surface area contributed by atoms with E-state index in [1.807, 2.05) is 0 Å². The molecule has 1 aliphatic heterocycles. The molecule has 2 rings (SSSR count). The first-order valence-electron chi connectivity index (χ1n) is 6.86. The molecule has 1 aromatic carbocycles. The number of nitrogens with zero attached hydrogens (tertiary/aromatic N) is 1. The lowest BCUT2D eigenvalue weighted by molar-refractivity contribution is 0.293. The van der Waals surface area contributed by atoms with Crippen molar-refractivity contribution in [1.82, 2.24) is 4.90 Å². The molecule has 0 aliphatic carbocycles. The minimum atomic E-state index is 0.852. The Balaban J connectivity index is 1.85. The summed E-state index contributed by atoms with van der Waals surface area (Å²) in [4.78, 5) is 2.52. The summed E-state index contributed by atoms with van der Waals surface area (Å²) in [5.74, 6) is 1.09. The van der Waals surface area contributed by atoms with Crippen LogP contribution in [0.1, 0.15) is 24.5 Å². The monoisotopic (exact) mass is 311 g/mol. The van der Waals surface area contributed by atoms with Crippen LogP contribution in [0.3, 0.4) is 0 Å². The number of fused-ring (bicyclic) bond motifs is 1. The van der Waals surface area contributed by atoms with E-state index in [1.165, 1.54) is 24.1 Å². The zero-order chi connectivity index (χ0) is 12.8. The van der Waals surface area contributed by atoms with Crippen LogP contribution in [0, 0.1) is 0 Å². The molecule has 0 saturated heterocycles. The molecule has 1 aliphatic rings. The van der Waals surface area contributed by atoms with Crippen LogP contribution >= 0.6 is 15.9 Å². The molecule has 2 nitrogen and oxygen atoms in total. The van der Waals surface area contributed by atoms with Gasteiger partial charge in [0.05, 0.1) is 6.61 Å². The van der Waals surface area contributed by atoms with Gasteiger partial charge in [0.2, 0.25) is 0 Å². The molecule has 0 bridgehead atoms. The molecule has 0 radical (unpaired) electrons. The van der Waals surface area contributed by atoms with Gasteiger partial charge in [-0.1, -0.05) is 35.0 Å². The van der Waals surface area contributed by atoms with Gasteiger partial charge in [0.1, 0.15) is 5.75 Å². The molecule has 0 unspecified atom stereocenters. The lowest BCUT2D eigenvalue weighted by Crippen LogP contribution is -2.27. The van der Waals surface area contributed by atoms with Gasteiger partial charge in [-0.3, -0.25) is 0 Å². The molecule has 0 spiro atoms. The van der Waals surface area contributed by atoms with Crippen molar-refractivity contribution >= 4 is 15.9 Å². The number of likely N-dealkylation sites (N-methyl/N-ethyl adjacent to an activating group) is 1. The third-order valence-corrected chi connectivity index (χ3v) is 4.09. The van der Waals surface area contributed by atoms with E-state index in [4.69, 9.17) is 4.74 Å². The second-order valence-corrected chi connectivity index (χ2v) is 5.56. The highest BCUT2D eigenvalue weighted by molar-refractivity contribution is 9.09. The Morgan fingerprint density at radius 3 is 3.00 bits per heavy atom. The second kappa shape index (κ2) is 7.15. The minimum absolute atomic E-state index is 0.852. The Morgan fingerprint density at radius 2 is 2.22 bits per heavy atom. The van der Waals surface area contributed by atoms with E-state index in [2.05, 4.69) is 46.0 Å². The lowest BCUT2D eigenvalue weighted by Gasteiger charge is -2.19. The molecule has 0 amide bonds. The SMILES string of the molecule is CCN(CCCBr)CCc1ccc2c(c1)CCO2. The normalized spacial score (nSPS) is 13.7. The Bertz CT molecular complexity index is 381. The Morgan fingerprint density at radius 1 is 1.33 bits per heavy atom. The first-order valence-corrected chi connectivity index (χ1v) is 7.98. The maximum Gasteiger partial charge on any atom is 0.122 e. The van der Waals surface area contributed by atoms with Gasteiger partial charge in [0.15, 0.2) is 0 Å². The van der Waals surface area contributed by atoms with Crippen LogP contribution < -0.4 is 4.74 Å². The Labute approximate surface area is 118 Å². The summed E-state index contributed by atoms with van der Waals surface area (Å²) < 4.78 is 5.54. The fourth-order valence-electron chi connectivity index (χ4n) is 2.39. The predicted molar refractivity (Wildman–Crippen MR) is 79.9 cm³/mol. The highest BCUT2D eigenvalue weighted by atomic mass is 79.9. The summed E-state index contributed by atoms with van der Waals surface area (Å²) in [6.07, 6.45) is 3.44. The van der Waals surface area contributed by atoms with Gasteiger partial charge >= 0.3 is 0 Å². The largest absolute Gasteiger partial charge is 0.493 e. The molecule has 0 fully saturated rings. The van der Waals surface area contributed by atoms with Gasteiger partial charge in [-0.2, -0.15) is 0 Å². The molecule has 1 heterocycles. The van der Waals surface area contributed by atoms with E-state index in [9.17, 15) is 0 Å². The maximum atomic E-state index is 5.54. The number of halogens is 1. The van der Waals surface area contributed by atoms with E-state index < -0.39 is 0 Å². The quantitative estimate of drug-likeness (QED) is 0.717. The Hall–Kier alpha value is -0.540. The van der Waals surface area contributed by atoms with E-state index >= 15 is 0 Å². The summed E-state index contributed by atoms with van der Waals surface area (Å²) in [5, 5.41) is 1.10. The van der Waals surface area contributed by atoms with Crippen LogP contribution in [0.2, 0.25) is 0 Å². The van der Waals surface area contributed by atoms with Crippen molar-refractivity contribution in [2.24, 2.45) is 0 Å². The van der Waals surface area contributed by atoms with Crippen molar-refractivity contribution in [2.75, 3.05) is 31.6 Å². The van der Waals surface area contributed by atoms with E-state index in [0.29, 0.717) is 0 Å². The van der Waals surface area contributed by atoms with Crippen molar-refractivity contribution in [3.05, 3.63) is 29.3 Å². The first-order chi connectivity index (χ1) is 8.83. The van der Waals surface area contributed by atoms with Gasteiger partial charge in [-0.25, -0.2) is 0 Å². The van der Waals surface area contributed by atoms with Gasteiger partial charge in [-0.15, -0.1) is 0 Å². The van der Waals surface area contributed by atoms with Gasteiger partial charge < -0.3 is 9.64 Å². The van der Waals surface area contributed by atoms with Gasteiger partial charge in [0.25, 0.3) is 0 Å². The number of benzene rings is 1. The Kier molecular flexibility index (Phi) is 5.51. The maximum absolute atomic E-state index is 5.54. The van der Waals surface area contributed by atoms with Crippen LogP contribution in [-0.2, 0) is 12.8 Å². The summed E-state index contributed by atoms with van der Waals surface area (Å²) >= 11 is 3.50. The molecule has 0 atom stereocenters. The van der Waals surface area contributed by atoms with Crippen molar-refractivity contribution in [1.29, 1.82) is 0 Å². The molecule has 1 aromatic rings. The number of ether oxygens (including phenoxy) is 1. The average molecular weight is 312 g/mol. The molecule has 0 N–H and O–H groups in total. The van der Waals surface area contributed by atoms with E-state index in [-0.39, 0.29) is 0 Å². The standard InChI is InChI=1S/C15H22BrNO/c1-2-17(9-3-8-16)10-6-13-4-5-15-14(12-13)7-11-18-15/h4-5,12H,2-3,6-11H2,1H3. The van der Waals surface area contributed by atoms with Gasteiger partial charge in [0, 0.05) is 18.3 Å². The fraction of sp³-hybridized carbons (Fsp3) is 0.600. The topological polar surface area (TPSA) is 12.5 Å². The summed E-state index contributed by atoms with van der Waals surface area (Å²) in [5.41, 5.74) is 2.83. The third-order valence-electron chi connectivity index (χ3n) is 3.53. The zero-order valence-electron chi connectivity index (χ0n) is 11.1. The van der Waals surface area contributed by atoms with Crippen molar-refractivity contribution in [3.8, 4) is 5.75 Å². The second-order valence-electron chi connectivity index (χ2n) is 4.77. The number of hydrogen-bond donors (Lipinski definition) is 0. The molecule has 0 saturated carbocycles. The summed E-state index contributed by atoms with van der Waals surface area (Å²) in [7, 11) is 0. The van der Waals surface area contributed by atoms with Crippen LogP contribution in [0.15, 0.2) is 18.2 Å². The number of rotatable bonds is 7. The van der Waals surface area contributed by atoms with Crippen LogP contribution in [0.5, 0.6) is 5.75 Å². The minimum Gasteiger partial charge on any atom is -0.493 e. The highest BCUT2D eigenvalue weighted by Crippen LogP contribution is 2.26. The predicted octanol–water partition coefficient (Wildman–Crippen LogP) is 3.27. The van der Waals surface area contributed by atoms with E-state index in [1.54, 1.807) is 0 Å². The third kappa shape index (κ3) is 3.72.